The number of carbonyl (C=O) groups excluding carboxylic acids is 1. The molecule has 0 bridgehead atoms. The third kappa shape index (κ3) is 3.13. The number of allylic oxidation sites excluding steroid dienone is 2. The molecule has 1 amide bonds. The maximum absolute atomic E-state index is 12.6. The molecule has 1 aromatic rings. The lowest BCUT2D eigenvalue weighted by Crippen LogP contribution is -2.32. The lowest BCUT2D eigenvalue weighted by atomic mass is 9.95. The van der Waals surface area contributed by atoms with Gasteiger partial charge in [0.1, 0.15) is 5.76 Å². The first-order valence-electron chi connectivity index (χ1n) is 6.84. The molecule has 3 nitrogen and oxygen atoms in total. The standard InChI is InChI=1S/C17H20ClNO2/c1-11(2)19(21-12(3)4)16(20)15-10-17(15,5)13-6-8-14(18)9-7-13/h6-9,15H,1,3,10H2,2,4-5H3. The Bertz CT molecular complexity index is 593. The van der Waals surface area contributed by atoms with Gasteiger partial charge in [-0.3, -0.25) is 4.79 Å². The van der Waals surface area contributed by atoms with E-state index < -0.39 is 0 Å². The third-order valence-corrected chi connectivity index (χ3v) is 4.08. The number of benzene rings is 1. The van der Waals surface area contributed by atoms with Gasteiger partial charge in [0.05, 0.1) is 11.6 Å². The highest BCUT2D eigenvalue weighted by Crippen LogP contribution is 2.55. The van der Waals surface area contributed by atoms with Crippen LogP contribution in [0.5, 0.6) is 0 Å². The van der Waals surface area contributed by atoms with E-state index in [9.17, 15) is 4.79 Å². The highest BCUT2D eigenvalue weighted by molar-refractivity contribution is 6.30. The summed E-state index contributed by atoms with van der Waals surface area (Å²) in [5, 5.41) is 1.94. The van der Waals surface area contributed by atoms with E-state index in [1.165, 1.54) is 5.06 Å². The fraction of sp³-hybridized carbons (Fsp3) is 0.353. The van der Waals surface area contributed by atoms with Gasteiger partial charge in [-0.25, -0.2) is 0 Å². The van der Waals surface area contributed by atoms with Gasteiger partial charge in [-0.2, -0.15) is 0 Å². The van der Waals surface area contributed by atoms with E-state index in [1.807, 2.05) is 24.3 Å². The van der Waals surface area contributed by atoms with Crippen molar-refractivity contribution >= 4 is 17.5 Å². The van der Waals surface area contributed by atoms with Crippen molar-refractivity contribution in [3.8, 4) is 0 Å². The summed E-state index contributed by atoms with van der Waals surface area (Å²) in [5.41, 5.74) is 1.49. The number of hydrogen-bond donors (Lipinski definition) is 0. The van der Waals surface area contributed by atoms with Gasteiger partial charge in [0.2, 0.25) is 0 Å². The maximum atomic E-state index is 12.6. The topological polar surface area (TPSA) is 29.5 Å². The fourth-order valence-corrected chi connectivity index (χ4v) is 2.61. The van der Waals surface area contributed by atoms with E-state index in [2.05, 4.69) is 20.1 Å². The van der Waals surface area contributed by atoms with Crippen LogP contribution >= 0.6 is 11.6 Å². The van der Waals surface area contributed by atoms with Crippen molar-refractivity contribution in [2.45, 2.75) is 32.6 Å². The number of hydroxylamine groups is 2. The summed E-state index contributed by atoms with van der Waals surface area (Å²) in [4.78, 5) is 18.0. The smallest absolute Gasteiger partial charge is 0.263 e. The molecular weight excluding hydrogens is 286 g/mol. The number of hydrogen-bond acceptors (Lipinski definition) is 2. The summed E-state index contributed by atoms with van der Waals surface area (Å²) in [6, 6.07) is 7.65. The van der Waals surface area contributed by atoms with Crippen molar-refractivity contribution in [3.63, 3.8) is 0 Å². The van der Waals surface area contributed by atoms with E-state index in [1.54, 1.807) is 13.8 Å². The molecule has 1 aliphatic carbocycles. The summed E-state index contributed by atoms with van der Waals surface area (Å²) in [6.07, 6.45) is 0.788. The Morgan fingerprint density at radius 2 is 1.90 bits per heavy atom. The Kier molecular flexibility index (Phi) is 4.15. The van der Waals surface area contributed by atoms with Gasteiger partial charge in [0, 0.05) is 10.4 Å². The number of halogens is 1. The van der Waals surface area contributed by atoms with Crippen molar-refractivity contribution < 1.29 is 9.63 Å². The summed E-state index contributed by atoms with van der Waals surface area (Å²) in [6.45, 7) is 13.0. The van der Waals surface area contributed by atoms with Crippen LogP contribution in [0.2, 0.25) is 5.02 Å². The first-order valence-corrected chi connectivity index (χ1v) is 7.22. The summed E-state index contributed by atoms with van der Waals surface area (Å²) in [5.74, 6) is 0.262. The molecule has 0 spiro atoms. The van der Waals surface area contributed by atoms with Crippen LogP contribution in [0.1, 0.15) is 32.8 Å². The van der Waals surface area contributed by atoms with Crippen molar-refractivity contribution in [1.82, 2.24) is 5.06 Å². The Hall–Kier alpha value is -1.74. The summed E-state index contributed by atoms with van der Waals surface area (Å²) >= 11 is 5.91. The molecular formula is C17H20ClNO2. The van der Waals surface area contributed by atoms with Gasteiger partial charge in [0.25, 0.3) is 5.91 Å². The van der Waals surface area contributed by atoms with E-state index in [-0.39, 0.29) is 17.2 Å². The molecule has 2 unspecified atom stereocenters. The van der Waals surface area contributed by atoms with Crippen LogP contribution < -0.4 is 0 Å². The lowest BCUT2D eigenvalue weighted by molar-refractivity contribution is -0.164. The summed E-state index contributed by atoms with van der Waals surface area (Å²) < 4.78 is 0. The molecule has 0 saturated heterocycles. The van der Waals surface area contributed by atoms with Gasteiger partial charge in [-0.05, 0) is 38.0 Å². The Morgan fingerprint density at radius 1 is 1.33 bits per heavy atom. The molecule has 1 saturated carbocycles. The van der Waals surface area contributed by atoms with Crippen LogP contribution in [0.15, 0.2) is 48.9 Å². The van der Waals surface area contributed by atoms with Gasteiger partial charge >= 0.3 is 0 Å². The quantitative estimate of drug-likeness (QED) is 0.594. The zero-order chi connectivity index (χ0) is 15.8. The number of rotatable bonds is 5. The van der Waals surface area contributed by atoms with E-state index in [0.717, 1.165) is 12.0 Å². The van der Waals surface area contributed by atoms with Gasteiger partial charge in [-0.15, -0.1) is 5.06 Å². The zero-order valence-electron chi connectivity index (χ0n) is 12.6. The molecule has 21 heavy (non-hydrogen) atoms. The second kappa shape index (κ2) is 5.57. The first kappa shape index (κ1) is 15.6. The third-order valence-electron chi connectivity index (χ3n) is 3.83. The van der Waals surface area contributed by atoms with Crippen molar-refractivity contribution in [1.29, 1.82) is 0 Å². The molecule has 2 rings (SSSR count). The van der Waals surface area contributed by atoms with Crippen LogP contribution in [0, 0.1) is 5.92 Å². The summed E-state index contributed by atoms with van der Waals surface area (Å²) in [7, 11) is 0. The SMILES string of the molecule is C=C(C)ON(C(=C)C)C(=O)C1CC1(C)c1ccc(Cl)cc1. The van der Waals surface area contributed by atoms with Crippen molar-refractivity contribution in [2.24, 2.45) is 5.92 Å². The average molecular weight is 306 g/mol. The first-order chi connectivity index (χ1) is 9.75. The molecule has 0 radical (unpaired) electrons. The Balaban J connectivity index is 2.16. The minimum atomic E-state index is -0.173. The van der Waals surface area contributed by atoms with E-state index in [4.69, 9.17) is 16.4 Å². The fourth-order valence-electron chi connectivity index (χ4n) is 2.48. The number of nitrogens with zero attached hydrogens (tertiary/aromatic N) is 1. The largest absolute Gasteiger partial charge is 0.378 e. The monoisotopic (exact) mass is 305 g/mol. The molecule has 1 aliphatic rings. The molecule has 0 aromatic heterocycles. The Labute approximate surface area is 130 Å². The molecule has 4 heteroatoms. The van der Waals surface area contributed by atoms with Crippen LogP contribution in [0.4, 0.5) is 0 Å². The van der Waals surface area contributed by atoms with Crippen LogP contribution in [0.25, 0.3) is 0 Å². The van der Waals surface area contributed by atoms with Gasteiger partial charge in [-0.1, -0.05) is 43.8 Å². The molecule has 1 aromatic carbocycles. The molecule has 0 aliphatic heterocycles. The van der Waals surface area contributed by atoms with Crippen molar-refractivity contribution in [2.75, 3.05) is 0 Å². The molecule has 112 valence electrons. The predicted molar refractivity (Wildman–Crippen MR) is 84.5 cm³/mol. The van der Waals surface area contributed by atoms with Crippen LogP contribution in [-0.2, 0) is 15.0 Å². The predicted octanol–water partition coefficient (Wildman–Crippen LogP) is 4.45. The van der Waals surface area contributed by atoms with Crippen LogP contribution in [0.3, 0.4) is 0 Å². The number of carbonyl (C=O) groups is 1. The van der Waals surface area contributed by atoms with Gasteiger partial charge in [0.15, 0.2) is 0 Å². The average Bonchev–Trinajstić information content (AvgIpc) is 3.09. The van der Waals surface area contributed by atoms with E-state index in [0.29, 0.717) is 16.5 Å². The minimum Gasteiger partial charge on any atom is -0.378 e. The second-order valence-electron chi connectivity index (χ2n) is 5.84. The zero-order valence-corrected chi connectivity index (χ0v) is 13.4. The van der Waals surface area contributed by atoms with E-state index >= 15 is 0 Å². The highest BCUT2D eigenvalue weighted by atomic mass is 35.5. The maximum Gasteiger partial charge on any atom is 0.263 e. The molecule has 0 N–H and O–H groups in total. The molecule has 1 fully saturated rings. The minimum absolute atomic E-state index is 0.0806. The molecule has 0 heterocycles. The lowest BCUT2D eigenvalue weighted by Gasteiger charge is -2.23. The molecule has 2 atom stereocenters. The normalized spacial score (nSPS) is 23.3. The number of amides is 1. The van der Waals surface area contributed by atoms with Crippen molar-refractivity contribution in [3.05, 3.63) is 59.5 Å². The van der Waals surface area contributed by atoms with Gasteiger partial charge < -0.3 is 4.84 Å². The Morgan fingerprint density at radius 3 is 2.38 bits per heavy atom. The second-order valence-corrected chi connectivity index (χ2v) is 6.28. The highest BCUT2D eigenvalue weighted by Gasteiger charge is 2.57. The van der Waals surface area contributed by atoms with Crippen LogP contribution in [-0.4, -0.2) is 11.0 Å².